The van der Waals surface area contributed by atoms with Crippen molar-refractivity contribution in [2.45, 2.75) is 19.9 Å². The SMILES string of the molecule is CCOC(=O)C1=C(C)N=c2s/c(=C\c3ccc(-c4cccc(Cl)c4)o3)c(=O)n2[C@H]1c1ccc(Cl)cc1. The number of thiazole rings is 1. The van der Waals surface area contributed by atoms with E-state index in [1.165, 1.54) is 15.9 Å². The molecule has 2 aromatic heterocycles. The van der Waals surface area contributed by atoms with Crippen LogP contribution in [0.5, 0.6) is 0 Å². The Labute approximate surface area is 220 Å². The molecule has 0 fully saturated rings. The van der Waals surface area contributed by atoms with E-state index in [0.717, 1.165) is 11.1 Å². The molecule has 2 aromatic carbocycles. The summed E-state index contributed by atoms with van der Waals surface area (Å²) >= 11 is 13.4. The van der Waals surface area contributed by atoms with Gasteiger partial charge >= 0.3 is 5.97 Å². The third-order valence-corrected chi connectivity index (χ3v) is 7.18. The molecule has 6 nitrogen and oxygen atoms in total. The number of rotatable bonds is 5. The Morgan fingerprint density at radius 3 is 2.64 bits per heavy atom. The Kier molecular flexibility index (Phi) is 6.71. The molecule has 1 aliphatic rings. The van der Waals surface area contributed by atoms with E-state index in [9.17, 15) is 9.59 Å². The summed E-state index contributed by atoms with van der Waals surface area (Å²) in [4.78, 5) is 31.6. The predicted molar refractivity (Wildman–Crippen MR) is 141 cm³/mol. The molecule has 0 amide bonds. The summed E-state index contributed by atoms with van der Waals surface area (Å²) < 4.78 is 13.2. The number of ether oxygens (including phenoxy) is 1. The summed E-state index contributed by atoms with van der Waals surface area (Å²) in [6.45, 7) is 3.69. The lowest BCUT2D eigenvalue weighted by atomic mass is 9.96. The van der Waals surface area contributed by atoms with Gasteiger partial charge in [-0.25, -0.2) is 9.79 Å². The lowest BCUT2D eigenvalue weighted by Crippen LogP contribution is -2.39. The van der Waals surface area contributed by atoms with Crippen LogP contribution in [0.25, 0.3) is 17.4 Å². The summed E-state index contributed by atoms with van der Waals surface area (Å²) in [6.07, 6.45) is 1.68. The molecule has 3 heterocycles. The average molecular weight is 539 g/mol. The highest BCUT2D eigenvalue weighted by atomic mass is 35.5. The van der Waals surface area contributed by atoms with Gasteiger partial charge in [0, 0.05) is 21.7 Å². The Morgan fingerprint density at radius 2 is 1.92 bits per heavy atom. The number of aromatic nitrogens is 1. The molecule has 0 bridgehead atoms. The van der Waals surface area contributed by atoms with Crippen molar-refractivity contribution in [1.29, 1.82) is 0 Å². The second-order valence-electron chi connectivity index (χ2n) is 8.07. The Bertz CT molecular complexity index is 1680. The lowest BCUT2D eigenvalue weighted by molar-refractivity contribution is -0.139. The van der Waals surface area contributed by atoms with Gasteiger partial charge in [0.15, 0.2) is 4.80 Å². The van der Waals surface area contributed by atoms with Crippen molar-refractivity contribution in [3.05, 3.63) is 113 Å². The number of hydrogen-bond acceptors (Lipinski definition) is 6. The number of furan rings is 1. The quantitative estimate of drug-likeness (QED) is 0.320. The molecule has 1 atom stereocenters. The van der Waals surface area contributed by atoms with Crippen molar-refractivity contribution in [3.63, 3.8) is 0 Å². The fourth-order valence-electron chi connectivity index (χ4n) is 4.11. The van der Waals surface area contributed by atoms with E-state index in [-0.39, 0.29) is 12.2 Å². The van der Waals surface area contributed by atoms with Crippen LogP contribution in [-0.4, -0.2) is 17.1 Å². The highest BCUT2D eigenvalue weighted by Gasteiger charge is 2.33. The number of fused-ring (bicyclic) bond motifs is 1. The first-order valence-corrected chi connectivity index (χ1v) is 12.7. The largest absolute Gasteiger partial charge is 0.463 e. The van der Waals surface area contributed by atoms with Crippen LogP contribution in [-0.2, 0) is 9.53 Å². The van der Waals surface area contributed by atoms with Crippen LogP contribution in [0.15, 0.2) is 86.1 Å². The molecule has 36 heavy (non-hydrogen) atoms. The van der Waals surface area contributed by atoms with Crippen molar-refractivity contribution in [2.75, 3.05) is 6.61 Å². The minimum atomic E-state index is -0.696. The molecule has 9 heteroatoms. The number of carbonyl (C=O) groups is 1. The zero-order chi connectivity index (χ0) is 25.4. The third kappa shape index (κ3) is 4.57. The number of nitrogens with zero attached hydrogens (tertiary/aromatic N) is 2. The van der Waals surface area contributed by atoms with Crippen molar-refractivity contribution >= 4 is 46.6 Å². The van der Waals surface area contributed by atoms with Gasteiger partial charge in [0.1, 0.15) is 11.5 Å². The van der Waals surface area contributed by atoms with Crippen LogP contribution in [0.4, 0.5) is 0 Å². The van der Waals surface area contributed by atoms with Crippen LogP contribution in [0.3, 0.4) is 0 Å². The molecule has 0 saturated carbocycles. The maximum Gasteiger partial charge on any atom is 0.338 e. The molecule has 4 aromatic rings. The minimum absolute atomic E-state index is 0.209. The van der Waals surface area contributed by atoms with Gasteiger partial charge in [0.2, 0.25) is 0 Å². The smallest absolute Gasteiger partial charge is 0.338 e. The Balaban J connectivity index is 1.64. The number of hydrogen-bond donors (Lipinski definition) is 0. The van der Waals surface area contributed by atoms with Crippen molar-refractivity contribution in [3.8, 4) is 11.3 Å². The molecule has 0 unspecified atom stereocenters. The molecule has 1 aliphatic heterocycles. The zero-order valence-corrected chi connectivity index (χ0v) is 21.7. The first kappa shape index (κ1) is 24.3. The fraction of sp³-hybridized carbons (Fsp3) is 0.148. The number of halogens is 2. The Hall–Kier alpha value is -3.39. The van der Waals surface area contributed by atoms with Crippen LogP contribution >= 0.6 is 34.5 Å². The predicted octanol–water partition coefficient (Wildman–Crippen LogP) is 5.37. The van der Waals surface area contributed by atoms with E-state index in [2.05, 4.69) is 4.99 Å². The van der Waals surface area contributed by atoms with Crippen LogP contribution in [0.2, 0.25) is 10.0 Å². The second kappa shape index (κ2) is 9.93. The Morgan fingerprint density at radius 1 is 1.14 bits per heavy atom. The highest BCUT2D eigenvalue weighted by molar-refractivity contribution is 7.07. The van der Waals surface area contributed by atoms with Crippen molar-refractivity contribution < 1.29 is 13.9 Å². The first-order valence-electron chi connectivity index (χ1n) is 11.2. The molecule has 0 N–H and O–H groups in total. The molecular formula is C27H20Cl2N2O4S. The average Bonchev–Trinajstić information content (AvgIpc) is 3.43. The number of carbonyl (C=O) groups excluding carboxylic acids is 1. The van der Waals surface area contributed by atoms with Crippen molar-refractivity contribution in [2.24, 2.45) is 4.99 Å². The van der Waals surface area contributed by atoms with E-state index in [1.807, 2.05) is 24.3 Å². The topological polar surface area (TPSA) is 73.8 Å². The summed E-state index contributed by atoms with van der Waals surface area (Å²) in [5.74, 6) is 0.640. The van der Waals surface area contributed by atoms with E-state index < -0.39 is 12.0 Å². The third-order valence-electron chi connectivity index (χ3n) is 5.71. The van der Waals surface area contributed by atoms with Crippen LogP contribution in [0.1, 0.15) is 31.2 Å². The van der Waals surface area contributed by atoms with E-state index in [0.29, 0.717) is 42.2 Å². The zero-order valence-electron chi connectivity index (χ0n) is 19.3. The van der Waals surface area contributed by atoms with Gasteiger partial charge in [-0.2, -0.15) is 0 Å². The molecule has 0 spiro atoms. The number of esters is 1. The summed E-state index contributed by atoms with van der Waals surface area (Å²) in [7, 11) is 0. The molecule has 5 rings (SSSR count). The maximum absolute atomic E-state index is 13.6. The number of benzene rings is 2. The molecule has 0 radical (unpaired) electrons. The molecular weight excluding hydrogens is 519 g/mol. The van der Waals surface area contributed by atoms with E-state index >= 15 is 0 Å². The standard InChI is InChI=1S/C27H20Cl2N2O4S/c1-3-34-26(33)23-15(2)30-27-31(24(23)16-7-9-18(28)10-8-16)25(32)22(36-27)14-20-11-12-21(35-20)17-5-4-6-19(29)13-17/h4-14,24H,3H2,1-2H3/b22-14-/t24-/m0/s1. The maximum atomic E-state index is 13.6. The summed E-state index contributed by atoms with van der Waals surface area (Å²) in [5, 5.41) is 1.16. The van der Waals surface area contributed by atoms with Gasteiger partial charge in [0.05, 0.1) is 28.5 Å². The van der Waals surface area contributed by atoms with Gasteiger partial charge in [-0.05, 0) is 55.8 Å². The number of allylic oxidation sites excluding steroid dienone is 1. The van der Waals surface area contributed by atoms with E-state index in [4.69, 9.17) is 32.4 Å². The summed E-state index contributed by atoms with van der Waals surface area (Å²) in [5.41, 5.74) is 2.10. The van der Waals surface area contributed by atoms with Gasteiger partial charge in [0.25, 0.3) is 5.56 Å². The van der Waals surface area contributed by atoms with Crippen LogP contribution < -0.4 is 14.9 Å². The van der Waals surface area contributed by atoms with Gasteiger partial charge < -0.3 is 9.15 Å². The monoisotopic (exact) mass is 538 g/mol. The minimum Gasteiger partial charge on any atom is -0.463 e. The molecule has 182 valence electrons. The van der Waals surface area contributed by atoms with E-state index in [1.54, 1.807) is 56.3 Å². The van der Waals surface area contributed by atoms with Gasteiger partial charge in [-0.3, -0.25) is 9.36 Å². The lowest BCUT2D eigenvalue weighted by Gasteiger charge is -2.24. The summed E-state index contributed by atoms with van der Waals surface area (Å²) in [6, 6.07) is 17.3. The molecule has 0 aliphatic carbocycles. The molecule has 0 saturated heterocycles. The van der Waals surface area contributed by atoms with Crippen molar-refractivity contribution in [1.82, 2.24) is 4.57 Å². The fourth-order valence-corrected chi connectivity index (χ4v) is 5.45. The normalized spacial score (nSPS) is 15.6. The van der Waals surface area contributed by atoms with Crippen LogP contribution in [0, 0.1) is 0 Å². The van der Waals surface area contributed by atoms with Gasteiger partial charge in [-0.1, -0.05) is 58.8 Å². The first-order chi connectivity index (χ1) is 17.4. The highest BCUT2D eigenvalue weighted by Crippen LogP contribution is 2.31. The second-order valence-corrected chi connectivity index (χ2v) is 9.95. The van der Waals surface area contributed by atoms with Gasteiger partial charge in [-0.15, -0.1) is 0 Å².